The van der Waals surface area contributed by atoms with Crippen molar-refractivity contribution in [3.8, 4) is 0 Å². The monoisotopic (exact) mass is 256 g/mol. The smallest absolute Gasteiger partial charge is 0.317 e. The van der Waals surface area contributed by atoms with Crippen molar-refractivity contribution in [2.75, 3.05) is 12.4 Å². The molecule has 98 valence electrons. The predicted octanol–water partition coefficient (Wildman–Crippen LogP) is 3.09. The molecule has 2 aliphatic carbocycles. The molecule has 0 saturated heterocycles. The number of alkyl halides is 3. The maximum atomic E-state index is 13.7. The quantitative estimate of drug-likeness (QED) is 0.902. The fourth-order valence-electron chi connectivity index (χ4n) is 2.75. The Morgan fingerprint density at radius 2 is 2.00 bits per heavy atom. The Hall–Kier alpha value is -1.26. The average molecular weight is 256 g/mol. The van der Waals surface area contributed by atoms with Crippen LogP contribution in [0.25, 0.3) is 0 Å². The lowest BCUT2D eigenvalue weighted by Crippen LogP contribution is -2.22. The lowest BCUT2D eigenvalue weighted by atomic mass is 9.98. The SMILES string of the molecule is Nc1c2c(nc(C(F)(F)CF)c1C1CC1)CCC2. The maximum absolute atomic E-state index is 13.7. The van der Waals surface area contributed by atoms with Crippen molar-refractivity contribution < 1.29 is 13.2 Å². The first-order valence-corrected chi connectivity index (χ1v) is 6.30. The molecule has 1 aromatic rings. The number of hydrogen-bond acceptors (Lipinski definition) is 2. The van der Waals surface area contributed by atoms with Crippen LogP contribution in [-0.2, 0) is 18.8 Å². The Bertz CT molecular complexity index is 495. The summed E-state index contributed by atoms with van der Waals surface area (Å²) < 4.78 is 40.0. The van der Waals surface area contributed by atoms with Crippen molar-refractivity contribution in [3.05, 3.63) is 22.5 Å². The molecule has 1 saturated carbocycles. The molecule has 0 atom stereocenters. The van der Waals surface area contributed by atoms with Gasteiger partial charge in [-0.1, -0.05) is 0 Å². The Kier molecular flexibility index (Phi) is 2.54. The molecule has 0 radical (unpaired) electrons. The number of fused-ring (bicyclic) bond motifs is 1. The van der Waals surface area contributed by atoms with Gasteiger partial charge in [0.25, 0.3) is 0 Å². The summed E-state index contributed by atoms with van der Waals surface area (Å²) in [6.45, 7) is -1.71. The molecule has 2 aliphatic rings. The molecule has 0 amide bonds. The minimum absolute atomic E-state index is 0.0517. The van der Waals surface area contributed by atoms with Crippen LogP contribution < -0.4 is 5.73 Å². The molecule has 1 heterocycles. The summed E-state index contributed by atoms with van der Waals surface area (Å²) in [4.78, 5) is 4.05. The van der Waals surface area contributed by atoms with Gasteiger partial charge in [-0.25, -0.2) is 4.39 Å². The maximum Gasteiger partial charge on any atom is 0.317 e. The molecular formula is C13H15F3N2. The summed E-state index contributed by atoms with van der Waals surface area (Å²) in [5, 5.41) is 0. The minimum atomic E-state index is -3.51. The second-order valence-corrected chi connectivity index (χ2v) is 5.18. The number of halogens is 3. The van der Waals surface area contributed by atoms with E-state index in [0.717, 1.165) is 31.2 Å². The predicted molar refractivity (Wildman–Crippen MR) is 62.5 cm³/mol. The largest absolute Gasteiger partial charge is 0.398 e. The first-order valence-electron chi connectivity index (χ1n) is 6.30. The number of pyridine rings is 1. The number of aromatic nitrogens is 1. The zero-order valence-corrected chi connectivity index (χ0v) is 9.98. The molecule has 2 nitrogen and oxygen atoms in total. The van der Waals surface area contributed by atoms with Crippen LogP contribution in [0, 0.1) is 0 Å². The van der Waals surface area contributed by atoms with Gasteiger partial charge in [0.15, 0.2) is 6.67 Å². The normalized spacial score (nSPS) is 19.1. The van der Waals surface area contributed by atoms with Crippen molar-refractivity contribution in [1.29, 1.82) is 0 Å². The van der Waals surface area contributed by atoms with Gasteiger partial charge in [-0.05, 0) is 43.6 Å². The Morgan fingerprint density at radius 3 is 2.61 bits per heavy atom. The van der Waals surface area contributed by atoms with Gasteiger partial charge in [-0.15, -0.1) is 0 Å². The number of nitrogens with zero attached hydrogens (tertiary/aromatic N) is 1. The number of aryl methyl sites for hydroxylation is 1. The third kappa shape index (κ3) is 1.68. The van der Waals surface area contributed by atoms with Gasteiger partial charge in [-0.2, -0.15) is 8.78 Å². The van der Waals surface area contributed by atoms with Gasteiger partial charge in [0.05, 0.1) is 0 Å². The highest BCUT2D eigenvalue weighted by molar-refractivity contribution is 5.61. The van der Waals surface area contributed by atoms with Gasteiger partial charge in [0.1, 0.15) is 5.69 Å². The van der Waals surface area contributed by atoms with Crippen LogP contribution in [0.4, 0.5) is 18.9 Å². The first-order chi connectivity index (χ1) is 8.54. The van der Waals surface area contributed by atoms with E-state index in [1.54, 1.807) is 0 Å². The van der Waals surface area contributed by atoms with Gasteiger partial charge < -0.3 is 5.73 Å². The summed E-state index contributed by atoms with van der Waals surface area (Å²) in [7, 11) is 0. The van der Waals surface area contributed by atoms with Crippen molar-refractivity contribution in [2.45, 2.75) is 43.9 Å². The topological polar surface area (TPSA) is 38.9 Å². The van der Waals surface area contributed by atoms with E-state index in [1.807, 2.05) is 0 Å². The summed E-state index contributed by atoms with van der Waals surface area (Å²) >= 11 is 0. The van der Waals surface area contributed by atoms with E-state index in [2.05, 4.69) is 4.98 Å². The molecule has 0 bridgehead atoms. The van der Waals surface area contributed by atoms with Gasteiger partial charge in [-0.3, -0.25) is 4.98 Å². The molecule has 2 N–H and O–H groups in total. The third-order valence-electron chi connectivity index (χ3n) is 3.81. The Labute approximate surface area is 103 Å². The highest BCUT2D eigenvalue weighted by Crippen LogP contribution is 2.49. The molecule has 1 aromatic heterocycles. The summed E-state index contributed by atoms with van der Waals surface area (Å²) in [6.07, 6.45) is 4.05. The standard InChI is InChI=1S/C13H15F3N2/c14-6-13(15,16)12-10(7-4-5-7)11(17)8-2-1-3-9(8)18-12/h7H,1-6H2,(H2,17,18). The molecule has 0 unspecified atom stereocenters. The molecule has 18 heavy (non-hydrogen) atoms. The molecule has 0 aromatic carbocycles. The average Bonchev–Trinajstić information content (AvgIpc) is 3.06. The van der Waals surface area contributed by atoms with Crippen LogP contribution in [0.1, 0.15) is 47.7 Å². The minimum Gasteiger partial charge on any atom is -0.398 e. The number of nitrogen functional groups attached to an aromatic ring is 1. The fraction of sp³-hybridized carbons (Fsp3) is 0.615. The van der Waals surface area contributed by atoms with E-state index in [4.69, 9.17) is 5.73 Å². The molecule has 1 fully saturated rings. The first kappa shape index (κ1) is 11.8. The van der Waals surface area contributed by atoms with Crippen molar-refractivity contribution in [1.82, 2.24) is 4.98 Å². The van der Waals surface area contributed by atoms with Crippen LogP contribution in [-0.4, -0.2) is 11.7 Å². The molecule has 5 heteroatoms. The van der Waals surface area contributed by atoms with Crippen molar-refractivity contribution in [2.24, 2.45) is 0 Å². The van der Waals surface area contributed by atoms with E-state index >= 15 is 0 Å². The molecule has 0 spiro atoms. The third-order valence-corrected chi connectivity index (χ3v) is 3.81. The van der Waals surface area contributed by atoms with Gasteiger partial charge in [0, 0.05) is 16.9 Å². The zero-order valence-electron chi connectivity index (χ0n) is 9.98. The number of anilines is 1. The Balaban J connectivity index is 2.20. The zero-order chi connectivity index (χ0) is 12.9. The van der Waals surface area contributed by atoms with Gasteiger partial charge in [0.2, 0.25) is 0 Å². The van der Waals surface area contributed by atoms with Crippen molar-refractivity contribution >= 4 is 5.69 Å². The van der Waals surface area contributed by atoms with E-state index in [-0.39, 0.29) is 5.92 Å². The fourth-order valence-corrected chi connectivity index (χ4v) is 2.75. The van der Waals surface area contributed by atoms with Crippen LogP contribution in [0.15, 0.2) is 0 Å². The lowest BCUT2D eigenvalue weighted by Gasteiger charge is -2.20. The second kappa shape index (κ2) is 3.87. The molecular weight excluding hydrogens is 241 g/mol. The lowest BCUT2D eigenvalue weighted by molar-refractivity contribution is -0.0331. The number of nitrogens with two attached hydrogens (primary N) is 1. The van der Waals surface area contributed by atoms with Crippen LogP contribution in [0.3, 0.4) is 0 Å². The van der Waals surface area contributed by atoms with E-state index < -0.39 is 18.3 Å². The van der Waals surface area contributed by atoms with Crippen LogP contribution >= 0.6 is 0 Å². The summed E-state index contributed by atoms with van der Waals surface area (Å²) in [5.41, 5.74) is 8.03. The number of hydrogen-bond donors (Lipinski definition) is 1. The summed E-state index contributed by atoms with van der Waals surface area (Å²) in [5.74, 6) is -3.46. The van der Waals surface area contributed by atoms with E-state index in [9.17, 15) is 13.2 Å². The highest BCUT2D eigenvalue weighted by Gasteiger charge is 2.42. The Morgan fingerprint density at radius 1 is 1.28 bits per heavy atom. The molecule has 0 aliphatic heterocycles. The summed E-state index contributed by atoms with van der Waals surface area (Å²) in [6, 6.07) is 0. The van der Waals surface area contributed by atoms with Crippen LogP contribution in [0.5, 0.6) is 0 Å². The van der Waals surface area contributed by atoms with E-state index in [0.29, 0.717) is 23.4 Å². The van der Waals surface area contributed by atoms with Crippen molar-refractivity contribution in [3.63, 3.8) is 0 Å². The molecule has 3 rings (SSSR count). The number of rotatable bonds is 3. The van der Waals surface area contributed by atoms with E-state index in [1.165, 1.54) is 0 Å². The van der Waals surface area contributed by atoms with Crippen LogP contribution in [0.2, 0.25) is 0 Å². The highest BCUT2D eigenvalue weighted by atomic mass is 19.3. The van der Waals surface area contributed by atoms with Gasteiger partial charge >= 0.3 is 5.92 Å². The second-order valence-electron chi connectivity index (χ2n) is 5.18.